The van der Waals surface area contributed by atoms with Gasteiger partial charge in [0, 0.05) is 12.1 Å². The number of imide groups is 1. The van der Waals surface area contributed by atoms with E-state index in [1.165, 1.54) is 6.08 Å². The Morgan fingerprint density at radius 2 is 2.06 bits per heavy atom. The second-order valence-corrected chi connectivity index (χ2v) is 4.42. The Bertz CT molecular complexity index is 416. The maximum absolute atomic E-state index is 12.0. The van der Waals surface area contributed by atoms with Crippen molar-refractivity contribution in [1.82, 2.24) is 10.2 Å². The molecule has 0 radical (unpaired) electrons. The van der Waals surface area contributed by atoms with Gasteiger partial charge >= 0.3 is 12.0 Å². The van der Waals surface area contributed by atoms with E-state index in [1.54, 1.807) is 13.8 Å². The molecule has 1 saturated heterocycles. The highest BCUT2D eigenvalue weighted by atomic mass is 16.4. The zero-order chi connectivity index (χ0) is 13.9. The molecule has 0 spiro atoms. The van der Waals surface area contributed by atoms with E-state index in [0.29, 0.717) is 12.8 Å². The summed E-state index contributed by atoms with van der Waals surface area (Å²) in [6.07, 6.45) is 2.25. The molecular formula is C12H18N2O4. The summed E-state index contributed by atoms with van der Waals surface area (Å²) in [6.45, 7) is 5.18. The number of aliphatic carboxylic acids is 1. The third kappa shape index (κ3) is 2.52. The summed E-state index contributed by atoms with van der Waals surface area (Å²) in [4.78, 5) is 35.5. The van der Waals surface area contributed by atoms with Gasteiger partial charge in [0.25, 0.3) is 5.91 Å². The number of nitrogens with zero attached hydrogens (tertiary/aromatic N) is 1. The molecule has 1 unspecified atom stereocenters. The lowest BCUT2D eigenvalue weighted by Crippen LogP contribution is -2.43. The summed E-state index contributed by atoms with van der Waals surface area (Å²) in [5, 5.41) is 11.5. The molecule has 6 nitrogen and oxygen atoms in total. The molecule has 0 bridgehead atoms. The molecule has 100 valence electrons. The number of hydrogen-bond acceptors (Lipinski definition) is 3. The molecule has 1 rings (SSSR count). The molecule has 0 aromatic carbocycles. The van der Waals surface area contributed by atoms with Crippen LogP contribution in [0, 0.1) is 0 Å². The molecule has 1 aliphatic heterocycles. The molecule has 0 aromatic rings. The van der Waals surface area contributed by atoms with Crippen molar-refractivity contribution in [2.24, 2.45) is 0 Å². The zero-order valence-corrected chi connectivity index (χ0v) is 10.8. The number of rotatable bonds is 5. The average Bonchev–Trinajstić information content (AvgIpc) is 2.53. The summed E-state index contributed by atoms with van der Waals surface area (Å²) < 4.78 is 0. The van der Waals surface area contributed by atoms with E-state index in [1.807, 2.05) is 6.92 Å². The zero-order valence-electron chi connectivity index (χ0n) is 10.8. The van der Waals surface area contributed by atoms with Gasteiger partial charge in [-0.15, -0.1) is 0 Å². The first-order valence-corrected chi connectivity index (χ1v) is 5.92. The fourth-order valence-electron chi connectivity index (χ4n) is 1.74. The van der Waals surface area contributed by atoms with E-state index in [9.17, 15) is 14.4 Å². The average molecular weight is 254 g/mol. The third-order valence-corrected chi connectivity index (χ3v) is 3.23. The van der Waals surface area contributed by atoms with Crippen molar-refractivity contribution in [2.75, 3.05) is 6.54 Å². The van der Waals surface area contributed by atoms with Gasteiger partial charge in [-0.3, -0.25) is 9.69 Å². The molecule has 1 atom stereocenters. The maximum atomic E-state index is 12.0. The second-order valence-electron chi connectivity index (χ2n) is 4.42. The Kier molecular flexibility index (Phi) is 4.11. The maximum Gasteiger partial charge on any atom is 0.331 e. The number of carbonyl (C=O) groups excluding carboxylic acids is 2. The SMILES string of the molecule is CCC(=CCN1C(=O)NC(C)(CC)C1=O)C(=O)O. The van der Waals surface area contributed by atoms with Crippen molar-refractivity contribution >= 4 is 17.9 Å². The Hall–Kier alpha value is -1.85. The largest absolute Gasteiger partial charge is 0.478 e. The van der Waals surface area contributed by atoms with E-state index in [4.69, 9.17) is 5.11 Å². The van der Waals surface area contributed by atoms with Crippen LogP contribution in [0.15, 0.2) is 11.6 Å². The van der Waals surface area contributed by atoms with Gasteiger partial charge in [0.05, 0.1) is 0 Å². The lowest BCUT2D eigenvalue weighted by molar-refractivity contribution is -0.133. The van der Waals surface area contributed by atoms with E-state index >= 15 is 0 Å². The number of carboxylic acid groups (broad SMARTS) is 1. The summed E-state index contributed by atoms with van der Waals surface area (Å²) >= 11 is 0. The highest BCUT2D eigenvalue weighted by Gasteiger charge is 2.45. The van der Waals surface area contributed by atoms with Crippen LogP contribution >= 0.6 is 0 Å². The molecule has 0 saturated carbocycles. The minimum absolute atomic E-state index is 0.00424. The summed E-state index contributed by atoms with van der Waals surface area (Å²) in [6, 6.07) is -0.471. The van der Waals surface area contributed by atoms with Gasteiger partial charge in [-0.05, 0) is 19.8 Å². The predicted molar refractivity (Wildman–Crippen MR) is 65.0 cm³/mol. The standard InChI is InChI=1S/C12H18N2O4/c1-4-8(9(15)16)6-7-14-10(17)12(3,5-2)13-11(14)18/h6H,4-5,7H2,1-3H3,(H,13,18)(H,15,16). The number of carboxylic acids is 1. The Morgan fingerprint density at radius 1 is 1.44 bits per heavy atom. The van der Waals surface area contributed by atoms with Gasteiger partial charge in [-0.2, -0.15) is 0 Å². The lowest BCUT2D eigenvalue weighted by Gasteiger charge is -2.18. The van der Waals surface area contributed by atoms with Crippen LogP contribution in [0.1, 0.15) is 33.6 Å². The first kappa shape index (κ1) is 14.2. The van der Waals surface area contributed by atoms with E-state index in [2.05, 4.69) is 5.32 Å². The highest BCUT2D eigenvalue weighted by molar-refractivity contribution is 6.06. The van der Waals surface area contributed by atoms with Gasteiger partial charge in [-0.25, -0.2) is 9.59 Å². The lowest BCUT2D eigenvalue weighted by atomic mass is 9.99. The molecule has 1 aliphatic rings. The molecule has 0 aromatic heterocycles. The second kappa shape index (κ2) is 5.20. The van der Waals surface area contributed by atoms with Gasteiger partial charge in [-0.1, -0.05) is 19.9 Å². The molecule has 6 heteroatoms. The topological polar surface area (TPSA) is 86.7 Å². The predicted octanol–water partition coefficient (Wildman–Crippen LogP) is 1.13. The number of amides is 3. The van der Waals surface area contributed by atoms with Crippen molar-refractivity contribution in [3.63, 3.8) is 0 Å². The molecule has 2 N–H and O–H groups in total. The minimum Gasteiger partial charge on any atom is -0.478 e. The molecular weight excluding hydrogens is 236 g/mol. The van der Waals surface area contributed by atoms with Gasteiger partial charge < -0.3 is 10.4 Å². The van der Waals surface area contributed by atoms with Crippen molar-refractivity contribution < 1.29 is 19.5 Å². The quantitative estimate of drug-likeness (QED) is 0.568. The highest BCUT2D eigenvalue weighted by Crippen LogP contribution is 2.20. The van der Waals surface area contributed by atoms with Crippen molar-refractivity contribution in [3.8, 4) is 0 Å². The first-order valence-electron chi connectivity index (χ1n) is 5.92. The molecule has 18 heavy (non-hydrogen) atoms. The van der Waals surface area contributed by atoms with Gasteiger partial charge in [0.1, 0.15) is 5.54 Å². The fraction of sp³-hybridized carbons (Fsp3) is 0.583. The summed E-state index contributed by atoms with van der Waals surface area (Å²) in [5.41, 5.74) is -0.679. The number of nitrogens with one attached hydrogen (secondary N) is 1. The van der Waals surface area contributed by atoms with Crippen LogP contribution in [0.5, 0.6) is 0 Å². The van der Waals surface area contributed by atoms with Crippen molar-refractivity contribution in [1.29, 1.82) is 0 Å². The van der Waals surface area contributed by atoms with Crippen LogP contribution in [0.4, 0.5) is 4.79 Å². The summed E-state index contributed by atoms with van der Waals surface area (Å²) in [5.74, 6) is -1.34. The molecule has 1 fully saturated rings. The van der Waals surface area contributed by atoms with Crippen LogP contribution in [0.3, 0.4) is 0 Å². The minimum atomic E-state index is -1.03. The van der Waals surface area contributed by atoms with Gasteiger partial charge in [0.15, 0.2) is 0 Å². The third-order valence-electron chi connectivity index (χ3n) is 3.23. The first-order chi connectivity index (χ1) is 8.35. The van der Waals surface area contributed by atoms with Crippen molar-refractivity contribution in [3.05, 3.63) is 11.6 Å². The Morgan fingerprint density at radius 3 is 2.44 bits per heavy atom. The Balaban J connectivity index is 2.83. The number of urea groups is 1. The smallest absolute Gasteiger partial charge is 0.331 e. The fourth-order valence-corrected chi connectivity index (χ4v) is 1.74. The summed E-state index contributed by atoms with van der Waals surface area (Å²) in [7, 11) is 0. The molecule has 1 heterocycles. The normalized spacial score (nSPS) is 24.4. The van der Waals surface area contributed by atoms with Crippen molar-refractivity contribution in [2.45, 2.75) is 39.2 Å². The van der Waals surface area contributed by atoms with E-state index < -0.39 is 17.5 Å². The van der Waals surface area contributed by atoms with Crippen LogP contribution in [-0.2, 0) is 9.59 Å². The number of hydrogen-bond donors (Lipinski definition) is 2. The van der Waals surface area contributed by atoms with E-state index in [0.717, 1.165) is 4.90 Å². The van der Waals surface area contributed by atoms with Crippen LogP contribution in [0.2, 0.25) is 0 Å². The number of carbonyl (C=O) groups is 3. The molecule has 0 aliphatic carbocycles. The van der Waals surface area contributed by atoms with Crippen LogP contribution in [-0.4, -0.2) is 40.0 Å². The van der Waals surface area contributed by atoms with Crippen LogP contribution < -0.4 is 5.32 Å². The molecule has 3 amide bonds. The van der Waals surface area contributed by atoms with Crippen LogP contribution in [0.25, 0.3) is 0 Å². The monoisotopic (exact) mass is 254 g/mol. The van der Waals surface area contributed by atoms with Gasteiger partial charge in [0.2, 0.25) is 0 Å². The Labute approximate surface area is 106 Å². The van der Waals surface area contributed by atoms with E-state index in [-0.39, 0.29) is 18.0 Å².